The number of amides is 2. The van der Waals surface area contributed by atoms with E-state index < -0.39 is 5.91 Å². The molecule has 2 aromatic rings. The molecule has 0 fully saturated rings. The van der Waals surface area contributed by atoms with Gasteiger partial charge >= 0.3 is 0 Å². The van der Waals surface area contributed by atoms with E-state index in [0.717, 1.165) is 4.90 Å². The van der Waals surface area contributed by atoms with Crippen molar-refractivity contribution < 1.29 is 9.59 Å². The molecule has 2 amide bonds. The molecule has 6 heteroatoms. The minimum atomic E-state index is -0.570. The standard InChI is InChI=1S/C17H17ClN2O2S/c1-2-15(23-12-9-7-11(18)8-10-12)17(22)20-14-6-4-3-5-13(14)16(19)21/h3-10,15H,2H2,1H3,(H2,19,21)(H,20,22)/t15-/m0/s1. The summed E-state index contributed by atoms with van der Waals surface area (Å²) in [6, 6.07) is 14.0. The third-order valence-electron chi connectivity index (χ3n) is 3.21. The van der Waals surface area contributed by atoms with Crippen LogP contribution in [0.1, 0.15) is 23.7 Å². The number of hydrogen-bond donors (Lipinski definition) is 2. The zero-order chi connectivity index (χ0) is 16.8. The molecular formula is C17H17ClN2O2S. The number of para-hydroxylation sites is 1. The van der Waals surface area contributed by atoms with Crippen LogP contribution in [0.25, 0.3) is 0 Å². The number of thioether (sulfide) groups is 1. The number of halogens is 1. The molecule has 2 aromatic carbocycles. The van der Waals surface area contributed by atoms with Crippen molar-refractivity contribution in [3.8, 4) is 0 Å². The zero-order valence-electron chi connectivity index (χ0n) is 12.6. The van der Waals surface area contributed by atoms with Gasteiger partial charge in [-0.1, -0.05) is 30.7 Å². The summed E-state index contributed by atoms with van der Waals surface area (Å²) >= 11 is 7.32. The first-order chi connectivity index (χ1) is 11.0. The molecule has 4 nitrogen and oxygen atoms in total. The van der Waals surface area contributed by atoms with Crippen molar-refractivity contribution in [2.24, 2.45) is 5.73 Å². The number of anilines is 1. The number of carbonyl (C=O) groups excluding carboxylic acids is 2. The molecule has 0 aliphatic carbocycles. The first-order valence-electron chi connectivity index (χ1n) is 7.13. The number of benzene rings is 2. The number of primary amides is 1. The summed E-state index contributed by atoms with van der Waals surface area (Å²) < 4.78 is 0. The zero-order valence-corrected chi connectivity index (χ0v) is 14.2. The molecule has 2 rings (SSSR count). The molecule has 0 spiro atoms. The first-order valence-corrected chi connectivity index (χ1v) is 8.39. The second-order valence-corrected chi connectivity index (χ2v) is 6.58. The molecule has 0 radical (unpaired) electrons. The molecule has 120 valence electrons. The molecule has 0 saturated carbocycles. The summed E-state index contributed by atoms with van der Waals surface area (Å²) in [7, 11) is 0. The van der Waals surface area contributed by atoms with Crippen LogP contribution in [0.2, 0.25) is 5.02 Å². The fourth-order valence-electron chi connectivity index (χ4n) is 2.02. The quantitative estimate of drug-likeness (QED) is 0.776. The van der Waals surface area contributed by atoms with Gasteiger partial charge in [-0.05, 0) is 42.8 Å². The van der Waals surface area contributed by atoms with E-state index >= 15 is 0 Å². The van der Waals surface area contributed by atoms with Crippen molar-refractivity contribution in [1.82, 2.24) is 0 Å². The third-order valence-corrected chi connectivity index (χ3v) is 4.83. The molecule has 1 atom stereocenters. The molecule has 0 aliphatic rings. The van der Waals surface area contributed by atoms with Gasteiger partial charge in [-0.3, -0.25) is 9.59 Å². The average Bonchev–Trinajstić information content (AvgIpc) is 2.54. The second-order valence-electron chi connectivity index (χ2n) is 4.87. The second kappa shape index (κ2) is 8.04. The third kappa shape index (κ3) is 4.74. The van der Waals surface area contributed by atoms with E-state index in [9.17, 15) is 9.59 Å². The van der Waals surface area contributed by atoms with Crippen molar-refractivity contribution in [2.45, 2.75) is 23.5 Å². The Labute approximate surface area is 144 Å². The van der Waals surface area contributed by atoms with Gasteiger partial charge < -0.3 is 11.1 Å². The van der Waals surface area contributed by atoms with E-state index in [1.54, 1.807) is 36.4 Å². The smallest absolute Gasteiger partial charge is 0.250 e. The monoisotopic (exact) mass is 348 g/mol. The lowest BCUT2D eigenvalue weighted by molar-refractivity contribution is -0.115. The number of nitrogens with one attached hydrogen (secondary N) is 1. The summed E-state index contributed by atoms with van der Waals surface area (Å²) in [5.41, 5.74) is 6.06. The van der Waals surface area contributed by atoms with Gasteiger partial charge in [0.05, 0.1) is 16.5 Å². The van der Waals surface area contributed by atoms with Gasteiger partial charge in [0.25, 0.3) is 5.91 Å². The Morgan fingerprint density at radius 1 is 1.17 bits per heavy atom. The number of hydrogen-bond acceptors (Lipinski definition) is 3. The number of carbonyl (C=O) groups is 2. The van der Waals surface area contributed by atoms with Gasteiger partial charge in [-0.2, -0.15) is 0 Å². The fraction of sp³-hybridized carbons (Fsp3) is 0.176. The van der Waals surface area contributed by atoms with E-state index in [1.165, 1.54) is 11.8 Å². The van der Waals surface area contributed by atoms with Crippen LogP contribution in [0.3, 0.4) is 0 Å². The Balaban J connectivity index is 2.11. The van der Waals surface area contributed by atoms with Crippen LogP contribution in [0, 0.1) is 0 Å². The normalized spacial score (nSPS) is 11.7. The lowest BCUT2D eigenvalue weighted by Gasteiger charge is -2.16. The molecule has 23 heavy (non-hydrogen) atoms. The van der Waals surface area contributed by atoms with Crippen LogP contribution in [-0.2, 0) is 4.79 Å². The van der Waals surface area contributed by atoms with Crippen molar-refractivity contribution in [3.63, 3.8) is 0 Å². The average molecular weight is 349 g/mol. The minimum Gasteiger partial charge on any atom is -0.366 e. The van der Waals surface area contributed by atoms with Crippen LogP contribution in [0.15, 0.2) is 53.4 Å². The summed E-state index contributed by atoms with van der Waals surface area (Å²) in [6.07, 6.45) is 0.651. The van der Waals surface area contributed by atoms with Gasteiger partial charge in [-0.25, -0.2) is 0 Å². The molecule has 0 unspecified atom stereocenters. The van der Waals surface area contributed by atoms with E-state index in [-0.39, 0.29) is 11.2 Å². The van der Waals surface area contributed by atoms with E-state index in [1.807, 2.05) is 19.1 Å². The van der Waals surface area contributed by atoms with E-state index in [4.69, 9.17) is 17.3 Å². The van der Waals surface area contributed by atoms with Crippen molar-refractivity contribution in [1.29, 1.82) is 0 Å². The number of rotatable bonds is 6. The van der Waals surface area contributed by atoms with Crippen molar-refractivity contribution in [2.75, 3.05) is 5.32 Å². The predicted octanol–water partition coefficient (Wildman–Crippen LogP) is 3.95. The van der Waals surface area contributed by atoms with Crippen molar-refractivity contribution in [3.05, 3.63) is 59.1 Å². The van der Waals surface area contributed by atoms with Crippen LogP contribution in [-0.4, -0.2) is 17.1 Å². The highest BCUT2D eigenvalue weighted by Gasteiger charge is 2.19. The van der Waals surface area contributed by atoms with Gasteiger partial charge in [0.1, 0.15) is 0 Å². The molecule has 0 bridgehead atoms. The summed E-state index contributed by atoms with van der Waals surface area (Å²) in [4.78, 5) is 24.9. The molecule has 0 aromatic heterocycles. The van der Waals surface area contributed by atoms with E-state index in [0.29, 0.717) is 22.7 Å². The molecule has 0 aliphatic heterocycles. The van der Waals surface area contributed by atoms with Crippen LogP contribution in [0.5, 0.6) is 0 Å². The predicted molar refractivity (Wildman–Crippen MR) is 95.0 cm³/mol. The summed E-state index contributed by atoms with van der Waals surface area (Å²) in [5.74, 6) is -0.736. The largest absolute Gasteiger partial charge is 0.366 e. The van der Waals surface area contributed by atoms with Gasteiger partial charge in [0.2, 0.25) is 5.91 Å². The van der Waals surface area contributed by atoms with Gasteiger partial charge in [0.15, 0.2) is 0 Å². The van der Waals surface area contributed by atoms with Gasteiger partial charge in [-0.15, -0.1) is 11.8 Å². The topological polar surface area (TPSA) is 72.2 Å². The molecular weight excluding hydrogens is 332 g/mol. The summed E-state index contributed by atoms with van der Waals surface area (Å²) in [5, 5.41) is 3.16. The Morgan fingerprint density at radius 2 is 1.83 bits per heavy atom. The lowest BCUT2D eigenvalue weighted by atomic mass is 10.1. The maximum Gasteiger partial charge on any atom is 0.250 e. The molecule has 0 saturated heterocycles. The van der Waals surface area contributed by atoms with Crippen LogP contribution >= 0.6 is 23.4 Å². The highest BCUT2D eigenvalue weighted by atomic mass is 35.5. The number of nitrogens with two attached hydrogens (primary N) is 1. The highest BCUT2D eigenvalue weighted by molar-refractivity contribution is 8.00. The van der Waals surface area contributed by atoms with Crippen LogP contribution < -0.4 is 11.1 Å². The van der Waals surface area contributed by atoms with Crippen molar-refractivity contribution >= 4 is 40.9 Å². The molecule has 0 heterocycles. The molecule has 3 N–H and O–H groups in total. The Kier molecular flexibility index (Phi) is 6.07. The lowest BCUT2D eigenvalue weighted by Crippen LogP contribution is -2.26. The fourth-order valence-corrected chi connectivity index (χ4v) is 3.10. The Morgan fingerprint density at radius 3 is 2.43 bits per heavy atom. The minimum absolute atomic E-state index is 0.166. The Bertz CT molecular complexity index is 704. The SMILES string of the molecule is CC[C@H](Sc1ccc(Cl)cc1)C(=O)Nc1ccccc1C(N)=O. The highest BCUT2D eigenvalue weighted by Crippen LogP contribution is 2.28. The maximum atomic E-state index is 12.5. The van der Waals surface area contributed by atoms with Crippen LogP contribution in [0.4, 0.5) is 5.69 Å². The Hall–Kier alpha value is -1.98. The van der Waals surface area contributed by atoms with E-state index in [2.05, 4.69) is 5.32 Å². The first kappa shape index (κ1) is 17.4. The maximum absolute atomic E-state index is 12.5. The summed E-state index contributed by atoms with van der Waals surface area (Å²) in [6.45, 7) is 1.94. The van der Waals surface area contributed by atoms with Gasteiger partial charge in [0, 0.05) is 9.92 Å².